The summed E-state index contributed by atoms with van der Waals surface area (Å²) >= 11 is 0. The molecule has 0 spiro atoms. The molecule has 3 rings (SSSR count). The Morgan fingerprint density at radius 3 is 2.16 bits per heavy atom. The van der Waals surface area contributed by atoms with Gasteiger partial charge in [0.15, 0.2) is 0 Å². The van der Waals surface area contributed by atoms with Crippen LogP contribution in [0, 0.1) is 6.92 Å². The lowest BCUT2D eigenvalue weighted by Gasteiger charge is -2.08. The van der Waals surface area contributed by atoms with Gasteiger partial charge in [-0.3, -0.25) is 0 Å². The maximum atomic E-state index is 7.67. The van der Waals surface area contributed by atoms with Crippen molar-refractivity contribution in [3.63, 3.8) is 0 Å². The van der Waals surface area contributed by atoms with E-state index in [1.54, 1.807) is 0 Å². The summed E-state index contributed by atoms with van der Waals surface area (Å²) in [5.41, 5.74) is 5.68. The van der Waals surface area contributed by atoms with Crippen LogP contribution in [-0.4, -0.2) is 0 Å². The zero-order valence-corrected chi connectivity index (χ0v) is 10.9. The molecule has 92 valence electrons. The van der Waals surface area contributed by atoms with Gasteiger partial charge >= 0.3 is 0 Å². The first kappa shape index (κ1) is 9.57. The fourth-order valence-electron chi connectivity index (χ4n) is 2.28. The minimum atomic E-state index is 0.525. The fourth-order valence-corrected chi connectivity index (χ4v) is 2.28. The Labute approximate surface area is 117 Å². The molecule has 0 aliphatic rings. The zero-order valence-electron chi connectivity index (χ0n) is 12.9. The lowest BCUT2D eigenvalue weighted by Crippen LogP contribution is -1.84. The Morgan fingerprint density at radius 2 is 1.37 bits per heavy atom. The molecule has 0 radical (unpaired) electrons. The molecule has 0 aromatic heterocycles. The van der Waals surface area contributed by atoms with Crippen LogP contribution in [-0.2, 0) is 0 Å². The summed E-state index contributed by atoms with van der Waals surface area (Å²) in [5, 5.41) is 0. The van der Waals surface area contributed by atoms with E-state index in [-0.39, 0.29) is 0 Å². The maximum Gasteiger partial charge on any atom is 0.0623 e. The largest absolute Gasteiger partial charge is 0.0623 e. The molecular weight excluding hydrogens is 228 g/mol. The summed E-state index contributed by atoms with van der Waals surface area (Å²) in [7, 11) is 0. The average Bonchev–Trinajstić information content (AvgIpc) is 2.48. The van der Waals surface area contributed by atoms with Crippen LogP contribution in [0.1, 0.15) is 8.30 Å². The van der Waals surface area contributed by atoms with Gasteiger partial charge in [-0.2, -0.15) is 0 Å². The predicted octanol–water partition coefficient (Wildman–Crippen LogP) is 5.33. The van der Waals surface area contributed by atoms with Crippen molar-refractivity contribution in [3.8, 4) is 22.3 Å². The van der Waals surface area contributed by atoms with Crippen LogP contribution in [0.15, 0.2) is 78.8 Å². The standard InChI is InChI=1S/C19H16/c1-15-8-5-6-13-19(15)18-12-7-11-17(14-18)16-9-3-2-4-10-16/h2-14H,1H3/i2D,5D. The molecule has 0 amide bonds. The highest BCUT2D eigenvalue weighted by atomic mass is 14.1. The molecule has 0 aliphatic heterocycles. The second-order valence-electron chi connectivity index (χ2n) is 4.61. The summed E-state index contributed by atoms with van der Waals surface area (Å²) in [6.07, 6.45) is 0. The van der Waals surface area contributed by atoms with Crippen LogP contribution >= 0.6 is 0 Å². The summed E-state index contributed by atoms with van der Waals surface area (Å²) in [6, 6.07) is 22.7. The SMILES string of the molecule is [2H]c1ccc(-c2cccc(-c3ccc([2H])cc3C)c2)cc1. The number of benzene rings is 3. The van der Waals surface area contributed by atoms with E-state index in [0.29, 0.717) is 12.1 Å². The second-order valence-corrected chi connectivity index (χ2v) is 4.61. The van der Waals surface area contributed by atoms with Crippen molar-refractivity contribution in [2.45, 2.75) is 6.92 Å². The van der Waals surface area contributed by atoms with Crippen molar-refractivity contribution in [2.24, 2.45) is 0 Å². The molecule has 0 bridgehead atoms. The quantitative estimate of drug-likeness (QED) is 0.573. The van der Waals surface area contributed by atoms with Crippen LogP contribution in [0.2, 0.25) is 0 Å². The van der Waals surface area contributed by atoms with E-state index in [9.17, 15) is 0 Å². The van der Waals surface area contributed by atoms with Crippen molar-refractivity contribution >= 4 is 0 Å². The van der Waals surface area contributed by atoms with E-state index in [4.69, 9.17) is 2.74 Å². The first-order valence-electron chi connectivity index (χ1n) is 7.38. The normalized spacial score (nSPS) is 11.8. The van der Waals surface area contributed by atoms with Gasteiger partial charge in [-0.05, 0) is 40.8 Å². The molecule has 0 saturated carbocycles. The molecule has 0 saturated heterocycles. The highest BCUT2D eigenvalue weighted by Crippen LogP contribution is 2.28. The molecule has 19 heavy (non-hydrogen) atoms. The van der Waals surface area contributed by atoms with Crippen LogP contribution in [0.3, 0.4) is 0 Å². The van der Waals surface area contributed by atoms with Gasteiger partial charge < -0.3 is 0 Å². The molecule has 0 unspecified atom stereocenters. The first-order valence-corrected chi connectivity index (χ1v) is 6.38. The Morgan fingerprint density at radius 1 is 0.684 bits per heavy atom. The average molecular weight is 246 g/mol. The molecule has 3 aromatic rings. The van der Waals surface area contributed by atoms with Crippen LogP contribution in [0.4, 0.5) is 0 Å². The predicted molar refractivity (Wildman–Crippen MR) is 82.1 cm³/mol. The van der Waals surface area contributed by atoms with E-state index in [1.807, 2.05) is 55.5 Å². The molecule has 0 heteroatoms. The van der Waals surface area contributed by atoms with Gasteiger partial charge in [-0.1, -0.05) is 72.7 Å². The van der Waals surface area contributed by atoms with Gasteiger partial charge in [0, 0.05) is 0 Å². The molecular formula is C19H16. The molecule has 0 nitrogen and oxygen atoms in total. The number of hydrogen-bond acceptors (Lipinski definition) is 0. The van der Waals surface area contributed by atoms with Gasteiger partial charge in [-0.15, -0.1) is 0 Å². The van der Waals surface area contributed by atoms with Crippen molar-refractivity contribution in [1.82, 2.24) is 0 Å². The molecule has 0 heterocycles. The van der Waals surface area contributed by atoms with E-state index in [1.165, 1.54) is 0 Å². The monoisotopic (exact) mass is 246 g/mol. The summed E-state index contributed by atoms with van der Waals surface area (Å²) in [6.45, 7) is 2.04. The van der Waals surface area contributed by atoms with Gasteiger partial charge in [0.1, 0.15) is 0 Å². The van der Waals surface area contributed by atoms with E-state index in [0.717, 1.165) is 27.8 Å². The molecule has 0 N–H and O–H groups in total. The molecule has 0 aliphatic carbocycles. The second kappa shape index (κ2) is 5.11. The topological polar surface area (TPSA) is 0 Å². The Hall–Kier alpha value is -2.34. The van der Waals surface area contributed by atoms with Crippen LogP contribution in [0.25, 0.3) is 22.3 Å². The van der Waals surface area contributed by atoms with Crippen molar-refractivity contribution in [2.75, 3.05) is 0 Å². The first-order chi connectivity index (χ1) is 10.1. The third kappa shape index (κ3) is 2.43. The molecule has 0 atom stereocenters. The maximum absolute atomic E-state index is 7.67. The highest BCUT2D eigenvalue weighted by Gasteiger charge is 2.03. The van der Waals surface area contributed by atoms with E-state index < -0.39 is 0 Å². The molecule has 3 aromatic carbocycles. The Balaban J connectivity index is 2.05. The third-order valence-electron chi connectivity index (χ3n) is 3.30. The van der Waals surface area contributed by atoms with E-state index in [2.05, 4.69) is 18.2 Å². The summed E-state index contributed by atoms with van der Waals surface area (Å²) in [5.74, 6) is 0. The van der Waals surface area contributed by atoms with Gasteiger partial charge in [-0.25, -0.2) is 0 Å². The van der Waals surface area contributed by atoms with Gasteiger partial charge in [0.05, 0.1) is 2.74 Å². The van der Waals surface area contributed by atoms with Crippen molar-refractivity contribution in [3.05, 3.63) is 84.4 Å². The van der Waals surface area contributed by atoms with E-state index >= 15 is 0 Å². The lowest BCUT2D eigenvalue weighted by molar-refractivity contribution is 1.46. The number of hydrogen-bond donors (Lipinski definition) is 0. The number of aryl methyl sites for hydroxylation is 1. The van der Waals surface area contributed by atoms with Gasteiger partial charge in [0.2, 0.25) is 0 Å². The zero-order chi connectivity index (χ0) is 14.8. The Kier molecular flexibility index (Phi) is 2.58. The smallest absolute Gasteiger partial charge is 0.0622 e. The van der Waals surface area contributed by atoms with Crippen molar-refractivity contribution in [1.29, 1.82) is 0 Å². The van der Waals surface area contributed by atoms with Crippen molar-refractivity contribution < 1.29 is 2.74 Å². The van der Waals surface area contributed by atoms with Crippen LogP contribution < -0.4 is 0 Å². The Bertz CT molecular complexity index is 774. The molecule has 0 fully saturated rings. The number of rotatable bonds is 2. The highest BCUT2D eigenvalue weighted by molar-refractivity contribution is 5.74. The van der Waals surface area contributed by atoms with Crippen LogP contribution in [0.5, 0.6) is 0 Å². The lowest BCUT2D eigenvalue weighted by atomic mass is 9.96. The fraction of sp³-hybridized carbons (Fsp3) is 0.0526. The minimum absolute atomic E-state index is 0.525. The van der Waals surface area contributed by atoms with Gasteiger partial charge in [0.25, 0.3) is 0 Å². The summed E-state index contributed by atoms with van der Waals surface area (Å²) < 4.78 is 15.2. The summed E-state index contributed by atoms with van der Waals surface area (Å²) in [4.78, 5) is 0. The minimum Gasteiger partial charge on any atom is -0.0622 e. The third-order valence-corrected chi connectivity index (χ3v) is 3.30.